The van der Waals surface area contributed by atoms with Crippen molar-refractivity contribution in [3.63, 3.8) is 0 Å². The van der Waals surface area contributed by atoms with E-state index in [1.54, 1.807) is 28.9 Å². The lowest BCUT2D eigenvalue weighted by Crippen LogP contribution is -2.29. The summed E-state index contributed by atoms with van der Waals surface area (Å²) in [6.07, 6.45) is 3.50. The number of thioether (sulfide) groups is 2. The number of hydrogen-bond donors (Lipinski definition) is 0. The molecule has 0 spiro atoms. The summed E-state index contributed by atoms with van der Waals surface area (Å²) in [7, 11) is 2.00. The second kappa shape index (κ2) is 7.66. The van der Waals surface area contributed by atoms with Crippen molar-refractivity contribution in [1.82, 2.24) is 9.88 Å². The second-order valence-electron chi connectivity index (χ2n) is 6.81. The summed E-state index contributed by atoms with van der Waals surface area (Å²) in [6.45, 7) is 4.23. The number of para-hydroxylation sites is 1. The molecule has 3 heterocycles. The lowest BCUT2D eigenvalue weighted by Gasteiger charge is -2.15. The zero-order chi connectivity index (χ0) is 20.7. The first-order valence-corrected chi connectivity index (χ1v) is 11.1. The minimum absolute atomic E-state index is 0.0424. The van der Waals surface area contributed by atoms with Gasteiger partial charge < -0.3 is 4.90 Å². The fraction of sp³-hybridized carbons (Fsp3) is 0.0870. The van der Waals surface area contributed by atoms with Crippen molar-refractivity contribution >= 4 is 56.9 Å². The molecule has 1 saturated heterocycles. The summed E-state index contributed by atoms with van der Waals surface area (Å²) in [6, 6.07) is 17.9. The Morgan fingerprint density at radius 2 is 1.97 bits per heavy atom. The highest BCUT2D eigenvalue weighted by Crippen LogP contribution is 2.50. The van der Waals surface area contributed by atoms with E-state index in [-0.39, 0.29) is 5.91 Å². The zero-order valence-corrected chi connectivity index (χ0v) is 17.9. The first-order valence-electron chi connectivity index (χ1n) is 9.45. The summed E-state index contributed by atoms with van der Waals surface area (Å²) < 4.78 is 0. The molecule has 0 N–H and O–H groups in total. The summed E-state index contributed by atoms with van der Waals surface area (Å²) in [5.74, 6) is -0.0424. The Morgan fingerprint density at radius 3 is 2.80 bits per heavy atom. The number of aliphatic imine (C=N–C) groups is 1. The molecule has 2 aromatic carbocycles. The van der Waals surface area contributed by atoms with E-state index in [1.165, 1.54) is 11.8 Å². The van der Waals surface area contributed by atoms with Gasteiger partial charge in [0.1, 0.15) is 4.91 Å². The monoisotopic (exact) mass is 430 g/mol. The van der Waals surface area contributed by atoms with Crippen LogP contribution >= 0.6 is 23.5 Å². The fourth-order valence-electron chi connectivity index (χ4n) is 3.50. The quantitative estimate of drug-likeness (QED) is 0.412. The summed E-state index contributed by atoms with van der Waals surface area (Å²) >= 11 is 3.04. The van der Waals surface area contributed by atoms with Crippen molar-refractivity contribution in [2.45, 2.75) is 4.90 Å². The molecule has 0 saturated carbocycles. The molecule has 0 bridgehead atoms. The molecule has 0 unspecified atom stereocenters. The number of carbonyl (C=O) groups excluding carboxylic acids is 1. The molecule has 1 amide bonds. The first kappa shape index (κ1) is 19.0. The SMILES string of the molecule is C=CCN1C(=O)C(=C2Sc3ccccc3N2C)SC1=Nc1cccc2ncccc12. The molecule has 3 aromatic rings. The van der Waals surface area contributed by atoms with Crippen molar-refractivity contribution in [3.05, 3.63) is 83.4 Å². The average molecular weight is 431 g/mol. The number of carbonyl (C=O) groups is 1. The molecular formula is C23H18N4OS2. The van der Waals surface area contributed by atoms with E-state index in [4.69, 9.17) is 4.99 Å². The molecule has 5 rings (SSSR count). The Labute approximate surface area is 183 Å². The number of amidine groups is 1. The fourth-order valence-corrected chi connectivity index (χ4v) is 5.84. The van der Waals surface area contributed by atoms with Gasteiger partial charge in [-0.1, -0.05) is 36.0 Å². The summed E-state index contributed by atoms with van der Waals surface area (Å²) in [5, 5.41) is 2.55. The molecule has 0 aliphatic carbocycles. The highest BCUT2D eigenvalue weighted by molar-refractivity contribution is 8.19. The largest absolute Gasteiger partial charge is 0.337 e. The molecule has 2 aliphatic rings. The maximum atomic E-state index is 13.3. The molecule has 7 heteroatoms. The Balaban J connectivity index is 1.59. The van der Waals surface area contributed by atoms with E-state index in [0.29, 0.717) is 16.6 Å². The highest BCUT2D eigenvalue weighted by Gasteiger charge is 2.38. The molecular weight excluding hydrogens is 412 g/mol. The minimum Gasteiger partial charge on any atom is -0.337 e. The van der Waals surface area contributed by atoms with Gasteiger partial charge in [0.25, 0.3) is 5.91 Å². The molecule has 0 atom stereocenters. The van der Waals surface area contributed by atoms with E-state index in [9.17, 15) is 4.79 Å². The van der Waals surface area contributed by atoms with Gasteiger partial charge in [-0.05, 0) is 48.2 Å². The third kappa shape index (κ3) is 3.11. The standard InChI is InChI=1S/C23H18N4OS2/c1-3-14-27-21(28)20(22-26(2)18-11-4-5-12-19(18)29-22)30-23(27)25-17-10-6-9-16-15(17)8-7-13-24-16/h3-13H,1,14H2,2H3. The number of hydrogen-bond acceptors (Lipinski definition) is 6. The number of aromatic nitrogens is 1. The maximum absolute atomic E-state index is 13.3. The Hall–Kier alpha value is -3.03. The lowest BCUT2D eigenvalue weighted by molar-refractivity contribution is -0.121. The van der Waals surface area contributed by atoms with Gasteiger partial charge in [-0.3, -0.25) is 14.7 Å². The van der Waals surface area contributed by atoms with E-state index in [2.05, 4.69) is 28.6 Å². The highest BCUT2D eigenvalue weighted by atomic mass is 32.2. The molecule has 1 fully saturated rings. The Bertz CT molecular complexity index is 1250. The predicted molar refractivity (Wildman–Crippen MR) is 126 cm³/mol. The topological polar surface area (TPSA) is 48.8 Å². The molecule has 5 nitrogen and oxygen atoms in total. The van der Waals surface area contributed by atoms with E-state index < -0.39 is 0 Å². The van der Waals surface area contributed by atoms with E-state index >= 15 is 0 Å². The van der Waals surface area contributed by atoms with Crippen LogP contribution < -0.4 is 4.90 Å². The van der Waals surface area contributed by atoms with Crippen molar-refractivity contribution in [2.75, 3.05) is 18.5 Å². The van der Waals surface area contributed by atoms with E-state index in [0.717, 1.165) is 32.2 Å². The zero-order valence-electron chi connectivity index (χ0n) is 16.3. The molecule has 148 valence electrons. The number of anilines is 1. The molecule has 2 aliphatic heterocycles. The van der Waals surface area contributed by atoms with Gasteiger partial charge in [0.2, 0.25) is 0 Å². The van der Waals surface area contributed by atoms with Gasteiger partial charge >= 0.3 is 0 Å². The maximum Gasteiger partial charge on any atom is 0.269 e. The normalized spacial score (nSPS) is 19.8. The minimum atomic E-state index is -0.0424. The van der Waals surface area contributed by atoms with Crippen molar-refractivity contribution in [3.8, 4) is 0 Å². The van der Waals surface area contributed by atoms with Gasteiger partial charge in [0.05, 0.1) is 21.9 Å². The van der Waals surface area contributed by atoms with Crippen LogP contribution in [0.4, 0.5) is 11.4 Å². The van der Waals surface area contributed by atoms with Crippen LogP contribution in [0.25, 0.3) is 10.9 Å². The molecule has 30 heavy (non-hydrogen) atoms. The predicted octanol–water partition coefficient (Wildman–Crippen LogP) is 5.39. The van der Waals surface area contributed by atoms with Crippen LogP contribution in [0.1, 0.15) is 0 Å². The number of benzene rings is 2. The molecule has 0 radical (unpaired) electrons. The number of nitrogens with zero attached hydrogens (tertiary/aromatic N) is 4. The Kier molecular flexibility index (Phi) is 4.84. The van der Waals surface area contributed by atoms with Crippen molar-refractivity contribution < 1.29 is 4.79 Å². The van der Waals surface area contributed by atoms with Crippen LogP contribution in [0.15, 0.2) is 93.3 Å². The number of amides is 1. The van der Waals surface area contributed by atoms with Crippen LogP contribution in [-0.2, 0) is 4.79 Å². The van der Waals surface area contributed by atoms with E-state index in [1.807, 2.05) is 49.5 Å². The third-order valence-corrected chi connectivity index (χ3v) is 7.38. The van der Waals surface area contributed by atoms with Crippen LogP contribution in [0.2, 0.25) is 0 Å². The molecule has 1 aromatic heterocycles. The average Bonchev–Trinajstić information content (AvgIpc) is 3.26. The third-order valence-electron chi connectivity index (χ3n) is 4.95. The van der Waals surface area contributed by atoms with Crippen LogP contribution in [0, 0.1) is 0 Å². The van der Waals surface area contributed by atoms with Crippen LogP contribution in [0.5, 0.6) is 0 Å². The second-order valence-corrected chi connectivity index (χ2v) is 8.82. The van der Waals surface area contributed by atoms with Crippen molar-refractivity contribution in [1.29, 1.82) is 0 Å². The van der Waals surface area contributed by atoms with Crippen molar-refractivity contribution in [2.24, 2.45) is 4.99 Å². The van der Waals surface area contributed by atoms with Gasteiger partial charge in [0.15, 0.2) is 5.17 Å². The smallest absolute Gasteiger partial charge is 0.269 e. The van der Waals surface area contributed by atoms with Gasteiger partial charge in [-0.15, -0.1) is 6.58 Å². The lowest BCUT2D eigenvalue weighted by atomic mass is 10.2. The summed E-state index contributed by atoms with van der Waals surface area (Å²) in [5.41, 5.74) is 2.79. The van der Waals surface area contributed by atoms with Gasteiger partial charge in [-0.25, -0.2) is 4.99 Å². The first-order chi connectivity index (χ1) is 14.7. The Morgan fingerprint density at radius 1 is 1.10 bits per heavy atom. The number of pyridine rings is 1. The number of fused-ring (bicyclic) bond motifs is 2. The van der Waals surface area contributed by atoms with Gasteiger partial charge in [-0.2, -0.15) is 0 Å². The summed E-state index contributed by atoms with van der Waals surface area (Å²) in [4.78, 5) is 28.2. The van der Waals surface area contributed by atoms with Crippen LogP contribution in [0.3, 0.4) is 0 Å². The van der Waals surface area contributed by atoms with Crippen LogP contribution in [-0.4, -0.2) is 34.6 Å². The van der Waals surface area contributed by atoms with Gasteiger partial charge in [0, 0.05) is 30.1 Å². The number of rotatable bonds is 3.